The third kappa shape index (κ3) is 6.31. The molecule has 0 amide bonds. The molecule has 0 bridgehead atoms. The van der Waals surface area contributed by atoms with E-state index in [1.165, 1.54) is 0 Å². The fraction of sp³-hybridized carbons (Fsp3) is 0.667. The van der Waals surface area contributed by atoms with Crippen molar-refractivity contribution in [3.8, 4) is 0 Å². The minimum atomic E-state index is -1.48. The van der Waals surface area contributed by atoms with Gasteiger partial charge in [0.05, 0.1) is 0 Å². The average Bonchev–Trinajstić information content (AvgIpc) is 2.49. The summed E-state index contributed by atoms with van der Waals surface area (Å²) in [6.07, 6.45) is -6.68. The molecule has 0 aromatic carbocycles. The Hall–Kier alpha value is -2.69. The van der Waals surface area contributed by atoms with Gasteiger partial charge in [0.25, 0.3) is 6.47 Å². The fourth-order valence-electron chi connectivity index (χ4n) is 2.38. The van der Waals surface area contributed by atoms with E-state index in [1.54, 1.807) is 0 Å². The number of ether oxygens (including phenoxy) is 6. The van der Waals surface area contributed by atoms with E-state index in [9.17, 15) is 24.0 Å². The van der Waals surface area contributed by atoms with Crippen LogP contribution < -0.4 is 0 Å². The number of rotatable bonds is 7. The topological polar surface area (TPSA) is 141 Å². The average molecular weight is 376 g/mol. The molecule has 5 atom stereocenters. The van der Waals surface area contributed by atoms with Gasteiger partial charge in [0, 0.05) is 27.7 Å². The second kappa shape index (κ2) is 9.70. The van der Waals surface area contributed by atoms with Gasteiger partial charge in [0.2, 0.25) is 12.4 Å². The maximum atomic E-state index is 11.5. The Labute approximate surface area is 148 Å². The van der Waals surface area contributed by atoms with Crippen molar-refractivity contribution in [2.75, 3.05) is 6.61 Å². The quantitative estimate of drug-likeness (QED) is 0.314. The summed E-state index contributed by atoms with van der Waals surface area (Å²) in [6, 6.07) is 0. The first-order valence-electron chi connectivity index (χ1n) is 7.55. The van der Waals surface area contributed by atoms with Crippen molar-refractivity contribution in [2.45, 2.75) is 58.4 Å². The van der Waals surface area contributed by atoms with Gasteiger partial charge < -0.3 is 28.4 Å². The predicted octanol–water partition coefficient (Wildman–Crippen LogP) is -0.757. The Balaban J connectivity index is 3.27. The first kappa shape index (κ1) is 21.4. The lowest BCUT2D eigenvalue weighted by Crippen LogP contribution is -2.63. The zero-order valence-corrected chi connectivity index (χ0v) is 14.7. The summed E-state index contributed by atoms with van der Waals surface area (Å²) >= 11 is 0. The minimum absolute atomic E-state index is 0.133. The molecule has 0 N–H and O–H groups in total. The Morgan fingerprint density at radius 1 is 0.769 bits per heavy atom. The van der Waals surface area contributed by atoms with Crippen LogP contribution in [0.25, 0.3) is 0 Å². The Kier molecular flexibility index (Phi) is 7.97. The molecule has 11 heteroatoms. The molecule has 0 spiro atoms. The zero-order chi connectivity index (χ0) is 19.9. The summed E-state index contributed by atoms with van der Waals surface area (Å²) in [7, 11) is 0. The molecule has 1 aliphatic heterocycles. The largest absolute Gasteiger partial charge is 0.465 e. The Bertz CT molecular complexity index is 558. The summed E-state index contributed by atoms with van der Waals surface area (Å²) in [5.41, 5.74) is 0. The predicted molar refractivity (Wildman–Crippen MR) is 79.1 cm³/mol. The molecule has 11 nitrogen and oxygen atoms in total. The van der Waals surface area contributed by atoms with E-state index in [0.717, 1.165) is 27.7 Å². The summed E-state index contributed by atoms with van der Waals surface area (Å²) in [5.74, 6) is -3.08. The van der Waals surface area contributed by atoms with Gasteiger partial charge >= 0.3 is 23.9 Å². The molecule has 1 rings (SSSR count). The van der Waals surface area contributed by atoms with E-state index >= 15 is 0 Å². The summed E-state index contributed by atoms with van der Waals surface area (Å²) in [4.78, 5) is 56.1. The van der Waals surface area contributed by atoms with Gasteiger partial charge in [0.1, 0.15) is 12.7 Å². The monoisotopic (exact) mass is 376 g/mol. The van der Waals surface area contributed by atoms with Crippen LogP contribution in [0, 0.1) is 0 Å². The van der Waals surface area contributed by atoms with E-state index in [2.05, 4.69) is 4.74 Å². The van der Waals surface area contributed by atoms with Crippen molar-refractivity contribution in [2.24, 2.45) is 0 Å². The van der Waals surface area contributed by atoms with Gasteiger partial charge in [-0.2, -0.15) is 0 Å². The molecule has 0 aliphatic carbocycles. The molecule has 1 saturated heterocycles. The molecule has 1 heterocycles. The third-order valence-corrected chi connectivity index (χ3v) is 3.11. The van der Waals surface area contributed by atoms with Gasteiger partial charge in [-0.25, -0.2) is 0 Å². The molecule has 0 unspecified atom stereocenters. The highest BCUT2D eigenvalue weighted by molar-refractivity contribution is 5.69. The molecule has 0 saturated carbocycles. The van der Waals surface area contributed by atoms with Crippen LogP contribution in [0.5, 0.6) is 0 Å². The molecular formula is C15H20O11. The van der Waals surface area contributed by atoms with Crippen molar-refractivity contribution >= 4 is 30.3 Å². The Morgan fingerprint density at radius 3 is 1.69 bits per heavy atom. The highest BCUT2D eigenvalue weighted by Crippen LogP contribution is 2.29. The van der Waals surface area contributed by atoms with Crippen LogP contribution >= 0.6 is 0 Å². The lowest BCUT2D eigenvalue weighted by atomic mass is 9.98. The number of hydrogen-bond donors (Lipinski definition) is 0. The first-order valence-corrected chi connectivity index (χ1v) is 7.55. The smallest absolute Gasteiger partial charge is 0.305 e. The van der Waals surface area contributed by atoms with Crippen molar-refractivity contribution in [3.63, 3.8) is 0 Å². The van der Waals surface area contributed by atoms with Crippen molar-refractivity contribution in [1.82, 2.24) is 0 Å². The highest BCUT2D eigenvalue weighted by atomic mass is 16.7. The molecule has 1 fully saturated rings. The van der Waals surface area contributed by atoms with Crippen LogP contribution in [0.4, 0.5) is 0 Å². The van der Waals surface area contributed by atoms with Gasteiger partial charge in [0.15, 0.2) is 12.2 Å². The van der Waals surface area contributed by atoms with Crippen LogP contribution in [-0.2, 0) is 52.4 Å². The van der Waals surface area contributed by atoms with Crippen LogP contribution in [0.15, 0.2) is 0 Å². The molecule has 146 valence electrons. The van der Waals surface area contributed by atoms with Crippen molar-refractivity contribution in [1.29, 1.82) is 0 Å². The van der Waals surface area contributed by atoms with Crippen molar-refractivity contribution in [3.05, 3.63) is 0 Å². The van der Waals surface area contributed by atoms with Gasteiger partial charge in [-0.15, -0.1) is 0 Å². The molecule has 0 aromatic rings. The van der Waals surface area contributed by atoms with Gasteiger partial charge in [-0.3, -0.25) is 24.0 Å². The van der Waals surface area contributed by atoms with E-state index < -0.39 is 61.2 Å². The zero-order valence-electron chi connectivity index (χ0n) is 14.7. The molecule has 0 aromatic heterocycles. The fourth-order valence-corrected chi connectivity index (χ4v) is 2.38. The number of hydrogen-bond acceptors (Lipinski definition) is 11. The lowest BCUT2D eigenvalue weighted by Gasteiger charge is -2.43. The molecule has 1 aliphatic rings. The number of carbonyl (C=O) groups excluding carboxylic acids is 5. The van der Waals surface area contributed by atoms with Gasteiger partial charge in [-0.1, -0.05) is 0 Å². The van der Waals surface area contributed by atoms with Crippen LogP contribution in [0.3, 0.4) is 0 Å². The van der Waals surface area contributed by atoms with E-state index in [1.807, 2.05) is 0 Å². The lowest BCUT2D eigenvalue weighted by molar-refractivity contribution is -0.299. The Morgan fingerprint density at radius 2 is 1.23 bits per heavy atom. The molecule has 26 heavy (non-hydrogen) atoms. The molecular weight excluding hydrogens is 356 g/mol. The number of esters is 4. The SMILES string of the molecule is CC(=O)O[C@@H]1O[C@H](COC=O)[C@@H](OC(C)=O)[C@H](OC(C)=O)[C@H]1OC(C)=O. The van der Waals surface area contributed by atoms with E-state index in [-0.39, 0.29) is 6.47 Å². The van der Waals surface area contributed by atoms with Crippen LogP contribution in [-0.4, -0.2) is 67.7 Å². The van der Waals surface area contributed by atoms with E-state index in [0.29, 0.717) is 0 Å². The maximum absolute atomic E-state index is 11.5. The van der Waals surface area contributed by atoms with Crippen LogP contribution in [0.1, 0.15) is 27.7 Å². The van der Waals surface area contributed by atoms with Crippen molar-refractivity contribution < 1.29 is 52.4 Å². The second-order valence-corrected chi connectivity index (χ2v) is 5.30. The number of carbonyl (C=O) groups is 5. The molecule has 0 radical (unpaired) electrons. The third-order valence-electron chi connectivity index (χ3n) is 3.11. The maximum Gasteiger partial charge on any atom is 0.305 e. The highest BCUT2D eigenvalue weighted by Gasteiger charge is 2.53. The normalized spacial score (nSPS) is 27.6. The summed E-state index contributed by atoms with van der Waals surface area (Å²) in [5, 5.41) is 0. The summed E-state index contributed by atoms with van der Waals surface area (Å²) < 4.78 is 30.4. The van der Waals surface area contributed by atoms with Gasteiger partial charge in [-0.05, 0) is 0 Å². The second-order valence-electron chi connectivity index (χ2n) is 5.30. The minimum Gasteiger partial charge on any atom is -0.465 e. The first-order chi connectivity index (χ1) is 12.1. The summed E-state index contributed by atoms with van der Waals surface area (Å²) in [6.45, 7) is 4.09. The standard InChI is InChI=1S/C15H20O11/c1-7(17)22-12-11(5-21-6-16)26-15(25-10(4)20)14(24-9(3)19)13(12)23-8(2)18/h6,11-15H,5H2,1-4H3/t11-,12-,13+,14-,15-/m1/s1. The van der Waals surface area contributed by atoms with Crippen LogP contribution in [0.2, 0.25) is 0 Å². The van der Waals surface area contributed by atoms with E-state index in [4.69, 9.17) is 23.7 Å².